The van der Waals surface area contributed by atoms with Crippen LogP contribution in [0.4, 0.5) is 5.69 Å². The predicted molar refractivity (Wildman–Crippen MR) is 88.8 cm³/mol. The van der Waals surface area contributed by atoms with E-state index >= 15 is 0 Å². The van der Waals surface area contributed by atoms with E-state index in [2.05, 4.69) is 26.2 Å². The molecule has 0 aliphatic heterocycles. The van der Waals surface area contributed by atoms with Gasteiger partial charge in [-0.3, -0.25) is 9.78 Å². The molecule has 0 saturated carbocycles. The first kappa shape index (κ1) is 14.0. The third-order valence-corrected chi connectivity index (χ3v) is 3.84. The lowest BCUT2D eigenvalue weighted by atomic mass is 10.2. The fraction of sp³-hybridized carbons (Fsp3) is 0. The number of anilines is 1. The third-order valence-electron chi connectivity index (χ3n) is 3.02. The van der Waals surface area contributed by atoms with Crippen molar-refractivity contribution in [2.75, 3.05) is 5.32 Å². The summed E-state index contributed by atoms with van der Waals surface area (Å²) in [7, 11) is 0. The Kier molecular flexibility index (Phi) is 3.90. The number of rotatable bonds is 2. The Balaban J connectivity index is 1.90. The second-order valence-corrected chi connectivity index (χ2v) is 5.82. The molecule has 0 spiro atoms. The molecule has 0 fully saturated rings. The molecular formula is C16H10BrClN2O. The minimum Gasteiger partial charge on any atom is -0.321 e. The van der Waals surface area contributed by atoms with Crippen LogP contribution in [-0.4, -0.2) is 10.9 Å². The number of aromatic nitrogens is 1. The Morgan fingerprint density at radius 3 is 2.81 bits per heavy atom. The molecule has 0 aliphatic rings. The molecule has 1 aromatic heterocycles. The van der Waals surface area contributed by atoms with Crippen molar-refractivity contribution in [3.05, 3.63) is 69.8 Å². The van der Waals surface area contributed by atoms with Crippen molar-refractivity contribution in [2.24, 2.45) is 0 Å². The van der Waals surface area contributed by atoms with Crippen LogP contribution in [0.15, 0.2) is 59.2 Å². The number of hydrogen-bond donors (Lipinski definition) is 1. The molecule has 1 amide bonds. The molecule has 5 heteroatoms. The average molecular weight is 362 g/mol. The molecule has 0 bridgehead atoms. The van der Waals surface area contributed by atoms with E-state index < -0.39 is 0 Å². The Morgan fingerprint density at radius 2 is 1.95 bits per heavy atom. The van der Waals surface area contributed by atoms with Crippen molar-refractivity contribution < 1.29 is 4.79 Å². The van der Waals surface area contributed by atoms with Crippen LogP contribution in [0.2, 0.25) is 5.02 Å². The number of benzene rings is 2. The summed E-state index contributed by atoms with van der Waals surface area (Å²) in [6, 6.07) is 14.8. The van der Waals surface area contributed by atoms with Gasteiger partial charge in [-0.25, -0.2) is 0 Å². The van der Waals surface area contributed by atoms with Gasteiger partial charge in [0.25, 0.3) is 5.91 Å². The van der Waals surface area contributed by atoms with E-state index in [0.717, 1.165) is 15.4 Å². The summed E-state index contributed by atoms with van der Waals surface area (Å²) in [4.78, 5) is 16.6. The predicted octanol–water partition coefficient (Wildman–Crippen LogP) is 4.90. The number of hydrogen-bond acceptors (Lipinski definition) is 2. The zero-order chi connectivity index (χ0) is 14.8. The van der Waals surface area contributed by atoms with Gasteiger partial charge in [-0.2, -0.15) is 0 Å². The highest BCUT2D eigenvalue weighted by atomic mass is 79.9. The van der Waals surface area contributed by atoms with Gasteiger partial charge >= 0.3 is 0 Å². The summed E-state index contributed by atoms with van der Waals surface area (Å²) in [5.41, 5.74) is 1.94. The van der Waals surface area contributed by atoms with E-state index in [-0.39, 0.29) is 5.91 Å². The number of carbonyl (C=O) groups is 1. The fourth-order valence-corrected chi connectivity index (χ4v) is 2.57. The van der Waals surface area contributed by atoms with E-state index in [0.29, 0.717) is 16.3 Å². The molecule has 0 atom stereocenters. The van der Waals surface area contributed by atoms with Crippen LogP contribution in [0.25, 0.3) is 10.9 Å². The van der Waals surface area contributed by atoms with Gasteiger partial charge in [0.2, 0.25) is 0 Å². The van der Waals surface area contributed by atoms with Crippen molar-refractivity contribution >= 4 is 50.0 Å². The Morgan fingerprint density at radius 1 is 1.14 bits per heavy atom. The lowest BCUT2D eigenvalue weighted by Crippen LogP contribution is -2.12. The molecule has 3 nitrogen and oxygen atoms in total. The zero-order valence-corrected chi connectivity index (χ0v) is 13.1. The molecule has 21 heavy (non-hydrogen) atoms. The number of carbonyl (C=O) groups excluding carboxylic acids is 1. The molecule has 1 heterocycles. The number of amides is 1. The maximum Gasteiger partial charge on any atom is 0.257 e. The van der Waals surface area contributed by atoms with Crippen molar-refractivity contribution in [1.29, 1.82) is 0 Å². The molecule has 3 aromatic rings. The molecule has 0 saturated heterocycles. The first-order chi connectivity index (χ1) is 10.1. The molecule has 2 aromatic carbocycles. The number of nitrogens with zero attached hydrogens (tertiary/aromatic N) is 1. The molecule has 0 aliphatic carbocycles. The first-order valence-electron chi connectivity index (χ1n) is 6.25. The van der Waals surface area contributed by atoms with Crippen molar-refractivity contribution in [1.82, 2.24) is 4.98 Å². The van der Waals surface area contributed by atoms with Crippen LogP contribution in [0.5, 0.6) is 0 Å². The topological polar surface area (TPSA) is 42.0 Å². The zero-order valence-electron chi connectivity index (χ0n) is 10.8. The minimum absolute atomic E-state index is 0.265. The van der Waals surface area contributed by atoms with Gasteiger partial charge in [0, 0.05) is 9.86 Å². The number of nitrogens with one attached hydrogen (secondary N) is 1. The van der Waals surface area contributed by atoms with Crippen LogP contribution in [-0.2, 0) is 0 Å². The normalized spacial score (nSPS) is 10.6. The number of pyridine rings is 1. The standard InChI is InChI=1S/C16H10BrClN2O/c17-11-5-6-14(18)13(8-11)16(21)20-12-7-10-3-1-2-4-15(10)19-9-12/h1-9H,(H,20,21). The third kappa shape index (κ3) is 3.06. The molecule has 3 rings (SSSR count). The first-order valence-corrected chi connectivity index (χ1v) is 7.42. The molecule has 104 valence electrons. The quantitative estimate of drug-likeness (QED) is 0.705. The maximum atomic E-state index is 12.3. The number of para-hydroxylation sites is 1. The summed E-state index contributed by atoms with van der Waals surface area (Å²) < 4.78 is 0.800. The number of fused-ring (bicyclic) bond motifs is 1. The smallest absolute Gasteiger partial charge is 0.257 e. The highest BCUT2D eigenvalue weighted by molar-refractivity contribution is 9.10. The Hall–Kier alpha value is -1.91. The van der Waals surface area contributed by atoms with E-state index in [1.807, 2.05) is 30.3 Å². The van der Waals surface area contributed by atoms with E-state index in [4.69, 9.17) is 11.6 Å². The average Bonchev–Trinajstić information content (AvgIpc) is 2.49. The van der Waals surface area contributed by atoms with E-state index in [1.54, 1.807) is 24.4 Å². The minimum atomic E-state index is -0.265. The van der Waals surface area contributed by atoms with Crippen molar-refractivity contribution in [2.45, 2.75) is 0 Å². The van der Waals surface area contributed by atoms with Gasteiger partial charge < -0.3 is 5.32 Å². The summed E-state index contributed by atoms with van der Waals surface area (Å²) in [5, 5.41) is 4.19. The SMILES string of the molecule is O=C(Nc1cnc2ccccc2c1)c1cc(Br)ccc1Cl. The molecule has 0 radical (unpaired) electrons. The maximum absolute atomic E-state index is 12.3. The highest BCUT2D eigenvalue weighted by Gasteiger charge is 2.11. The molecule has 0 unspecified atom stereocenters. The fourth-order valence-electron chi connectivity index (χ4n) is 2.01. The second kappa shape index (κ2) is 5.84. The van der Waals surface area contributed by atoms with Crippen LogP contribution >= 0.6 is 27.5 Å². The van der Waals surface area contributed by atoms with Gasteiger partial charge in [0.1, 0.15) is 0 Å². The van der Waals surface area contributed by atoms with Gasteiger partial charge in [-0.05, 0) is 30.3 Å². The van der Waals surface area contributed by atoms with Crippen molar-refractivity contribution in [3.63, 3.8) is 0 Å². The number of halogens is 2. The van der Waals surface area contributed by atoms with E-state index in [9.17, 15) is 4.79 Å². The van der Waals surface area contributed by atoms with Crippen LogP contribution in [0.3, 0.4) is 0 Å². The van der Waals surface area contributed by atoms with Crippen LogP contribution < -0.4 is 5.32 Å². The molecule has 1 N–H and O–H groups in total. The largest absolute Gasteiger partial charge is 0.321 e. The second-order valence-electron chi connectivity index (χ2n) is 4.49. The Bertz CT molecular complexity index is 835. The van der Waals surface area contributed by atoms with Crippen molar-refractivity contribution in [3.8, 4) is 0 Å². The van der Waals surface area contributed by atoms with Crippen LogP contribution in [0.1, 0.15) is 10.4 Å². The van der Waals surface area contributed by atoms with Gasteiger partial charge in [-0.1, -0.05) is 45.7 Å². The summed E-state index contributed by atoms with van der Waals surface area (Å²) in [6.07, 6.45) is 1.63. The molecular weight excluding hydrogens is 352 g/mol. The van der Waals surface area contributed by atoms with Gasteiger partial charge in [-0.15, -0.1) is 0 Å². The summed E-state index contributed by atoms with van der Waals surface area (Å²) >= 11 is 9.39. The lowest BCUT2D eigenvalue weighted by Gasteiger charge is -2.08. The highest BCUT2D eigenvalue weighted by Crippen LogP contribution is 2.23. The Labute approximate surface area is 135 Å². The monoisotopic (exact) mass is 360 g/mol. The summed E-state index contributed by atoms with van der Waals surface area (Å²) in [6.45, 7) is 0. The summed E-state index contributed by atoms with van der Waals surface area (Å²) in [5.74, 6) is -0.265. The lowest BCUT2D eigenvalue weighted by molar-refractivity contribution is 0.102. The van der Waals surface area contributed by atoms with E-state index in [1.165, 1.54) is 0 Å². The van der Waals surface area contributed by atoms with Gasteiger partial charge in [0.05, 0.1) is 28.0 Å². The van der Waals surface area contributed by atoms with Gasteiger partial charge in [0.15, 0.2) is 0 Å². The van der Waals surface area contributed by atoms with Crippen LogP contribution in [0, 0.1) is 0 Å².